The molecule has 1 atom stereocenters. The third-order valence-corrected chi connectivity index (χ3v) is 3.40. The third-order valence-electron chi connectivity index (χ3n) is 3.40. The molecule has 2 rings (SSSR count). The number of amides is 2. The van der Waals surface area contributed by atoms with Gasteiger partial charge in [-0.05, 0) is 24.3 Å². The fraction of sp³-hybridized carbons (Fsp3) is 0.312. The molecule has 0 saturated heterocycles. The van der Waals surface area contributed by atoms with E-state index in [4.69, 9.17) is 0 Å². The maximum atomic E-state index is 11.9. The molecule has 0 fully saturated rings. The van der Waals surface area contributed by atoms with Gasteiger partial charge in [-0.3, -0.25) is 0 Å². The minimum Gasteiger partial charge on any atom is -0.335 e. The smallest absolute Gasteiger partial charge is 0.319 e. The topological polar surface area (TPSA) is 41.1 Å². The number of nitrogens with one attached hydrogen (secondary N) is 2. The fourth-order valence-corrected chi connectivity index (χ4v) is 1.87. The standard InChI is InChI=1S/C16H20N2O/c1-11(2)12(3)17-16(19)18-15-10-6-8-13-7-4-5-9-14(13)15/h4-12H,1-3H3,(H2,17,18,19). The highest BCUT2D eigenvalue weighted by atomic mass is 16.2. The quantitative estimate of drug-likeness (QED) is 0.856. The third kappa shape index (κ3) is 3.25. The van der Waals surface area contributed by atoms with Gasteiger partial charge < -0.3 is 10.6 Å². The molecule has 0 saturated carbocycles. The highest BCUT2D eigenvalue weighted by Gasteiger charge is 2.11. The number of rotatable bonds is 3. The van der Waals surface area contributed by atoms with Crippen LogP contribution in [0.4, 0.5) is 10.5 Å². The molecule has 0 aliphatic carbocycles. The van der Waals surface area contributed by atoms with Crippen LogP contribution in [0.3, 0.4) is 0 Å². The Kier molecular flexibility index (Phi) is 4.05. The molecule has 2 amide bonds. The van der Waals surface area contributed by atoms with Gasteiger partial charge in [0.2, 0.25) is 0 Å². The van der Waals surface area contributed by atoms with Crippen molar-refractivity contribution < 1.29 is 4.79 Å². The van der Waals surface area contributed by atoms with Gasteiger partial charge in [-0.1, -0.05) is 50.2 Å². The van der Waals surface area contributed by atoms with Crippen molar-refractivity contribution in [3.63, 3.8) is 0 Å². The van der Waals surface area contributed by atoms with E-state index < -0.39 is 0 Å². The minimum atomic E-state index is -0.155. The van der Waals surface area contributed by atoms with Crippen LogP contribution in [0.5, 0.6) is 0 Å². The minimum absolute atomic E-state index is 0.148. The fourth-order valence-electron chi connectivity index (χ4n) is 1.87. The highest BCUT2D eigenvalue weighted by molar-refractivity contribution is 6.01. The summed E-state index contributed by atoms with van der Waals surface area (Å²) in [7, 11) is 0. The summed E-state index contributed by atoms with van der Waals surface area (Å²) in [6.45, 7) is 6.18. The molecule has 100 valence electrons. The molecular formula is C16H20N2O. The predicted molar refractivity (Wildman–Crippen MR) is 80.4 cm³/mol. The van der Waals surface area contributed by atoms with Crippen LogP contribution in [-0.4, -0.2) is 12.1 Å². The second-order valence-electron chi connectivity index (χ2n) is 5.16. The number of hydrogen-bond acceptors (Lipinski definition) is 1. The first-order chi connectivity index (χ1) is 9.08. The van der Waals surface area contributed by atoms with Gasteiger partial charge in [0.05, 0.1) is 5.69 Å². The Morgan fingerprint density at radius 3 is 2.42 bits per heavy atom. The average Bonchev–Trinajstić information content (AvgIpc) is 2.39. The van der Waals surface area contributed by atoms with E-state index in [0.717, 1.165) is 16.5 Å². The lowest BCUT2D eigenvalue weighted by Crippen LogP contribution is -2.39. The van der Waals surface area contributed by atoms with Gasteiger partial charge in [-0.15, -0.1) is 0 Å². The van der Waals surface area contributed by atoms with E-state index in [1.807, 2.05) is 49.4 Å². The first-order valence-corrected chi connectivity index (χ1v) is 6.63. The summed E-state index contributed by atoms with van der Waals surface area (Å²) in [5, 5.41) is 8.04. The van der Waals surface area contributed by atoms with Crippen molar-refractivity contribution in [2.45, 2.75) is 26.8 Å². The van der Waals surface area contributed by atoms with Gasteiger partial charge >= 0.3 is 6.03 Å². The van der Waals surface area contributed by atoms with Crippen molar-refractivity contribution in [1.29, 1.82) is 0 Å². The van der Waals surface area contributed by atoms with Crippen LogP contribution in [0.15, 0.2) is 42.5 Å². The van der Waals surface area contributed by atoms with Gasteiger partial charge in [0.15, 0.2) is 0 Å². The van der Waals surface area contributed by atoms with E-state index in [1.54, 1.807) is 0 Å². The van der Waals surface area contributed by atoms with Gasteiger partial charge in [-0.2, -0.15) is 0 Å². The molecule has 0 aliphatic heterocycles. The van der Waals surface area contributed by atoms with Crippen molar-refractivity contribution in [2.24, 2.45) is 5.92 Å². The Labute approximate surface area is 114 Å². The Hall–Kier alpha value is -2.03. The van der Waals surface area contributed by atoms with E-state index in [0.29, 0.717) is 5.92 Å². The summed E-state index contributed by atoms with van der Waals surface area (Å²) in [6.07, 6.45) is 0. The summed E-state index contributed by atoms with van der Waals surface area (Å²) in [4.78, 5) is 11.9. The second-order valence-corrected chi connectivity index (χ2v) is 5.16. The van der Waals surface area contributed by atoms with Crippen LogP contribution in [0.25, 0.3) is 10.8 Å². The van der Waals surface area contributed by atoms with Crippen LogP contribution in [0.1, 0.15) is 20.8 Å². The molecule has 1 unspecified atom stereocenters. The lowest BCUT2D eigenvalue weighted by atomic mass is 10.1. The van der Waals surface area contributed by atoms with E-state index in [9.17, 15) is 4.79 Å². The molecule has 0 radical (unpaired) electrons. The van der Waals surface area contributed by atoms with Crippen molar-refractivity contribution >= 4 is 22.5 Å². The molecule has 0 heterocycles. The Balaban J connectivity index is 2.15. The van der Waals surface area contributed by atoms with Gasteiger partial charge in [-0.25, -0.2) is 4.79 Å². The molecule has 2 aromatic carbocycles. The zero-order valence-electron chi connectivity index (χ0n) is 11.6. The normalized spacial score (nSPS) is 12.4. The van der Waals surface area contributed by atoms with Crippen molar-refractivity contribution in [1.82, 2.24) is 5.32 Å². The summed E-state index contributed by atoms with van der Waals surface area (Å²) < 4.78 is 0. The van der Waals surface area contributed by atoms with E-state index in [-0.39, 0.29) is 12.1 Å². The maximum absolute atomic E-state index is 11.9. The first kappa shape index (κ1) is 13.4. The number of hydrogen-bond donors (Lipinski definition) is 2. The monoisotopic (exact) mass is 256 g/mol. The maximum Gasteiger partial charge on any atom is 0.319 e. The predicted octanol–water partition coefficient (Wildman–Crippen LogP) is 4.01. The van der Waals surface area contributed by atoms with E-state index in [2.05, 4.69) is 24.5 Å². The number of carbonyl (C=O) groups excluding carboxylic acids is 1. The number of anilines is 1. The van der Waals surface area contributed by atoms with Gasteiger partial charge in [0.25, 0.3) is 0 Å². The zero-order chi connectivity index (χ0) is 13.8. The molecule has 3 nitrogen and oxygen atoms in total. The SMILES string of the molecule is CC(C)C(C)NC(=O)Nc1cccc2ccccc12. The van der Waals surface area contributed by atoms with Crippen molar-refractivity contribution in [3.8, 4) is 0 Å². The molecular weight excluding hydrogens is 236 g/mol. The van der Waals surface area contributed by atoms with Crippen LogP contribution in [-0.2, 0) is 0 Å². The summed E-state index contributed by atoms with van der Waals surface area (Å²) in [5.74, 6) is 0.415. The van der Waals surface area contributed by atoms with Crippen LogP contribution in [0, 0.1) is 5.92 Å². The molecule has 0 aromatic heterocycles. The molecule has 3 heteroatoms. The van der Waals surface area contributed by atoms with E-state index >= 15 is 0 Å². The number of urea groups is 1. The average molecular weight is 256 g/mol. The van der Waals surface area contributed by atoms with Gasteiger partial charge in [0.1, 0.15) is 0 Å². The molecule has 2 N–H and O–H groups in total. The number of benzene rings is 2. The molecule has 0 aliphatic rings. The second kappa shape index (κ2) is 5.74. The lowest BCUT2D eigenvalue weighted by molar-refractivity contribution is 0.246. The van der Waals surface area contributed by atoms with Crippen LogP contribution >= 0.6 is 0 Å². The zero-order valence-corrected chi connectivity index (χ0v) is 11.6. The number of fused-ring (bicyclic) bond motifs is 1. The van der Waals surface area contributed by atoms with Gasteiger partial charge in [0, 0.05) is 11.4 Å². The van der Waals surface area contributed by atoms with Crippen molar-refractivity contribution in [2.75, 3.05) is 5.32 Å². The number of carbonyl (C=O) groups is 1. The molecule has 0 spiro atoms. The van der Waals surface area contributed by atoms with Crippen LogP contribution in [0.2, 0.25) is 0 Å². The molecule has 2 aromatic rings. The van der Waals surface area contributed by atoms with Crippen molar-refractivity contribution in [3.05, 3.63) is 42.5 Å². The molecule has 0 bridgehead atoms. The Morgan fingerprint density at radius 2 is 1.68 bits per heavy atom. The largest absolute Gasteiger partial charge is 0.335 e. The Morgan fingerprint density at radius 1 is 1.00 bits per heavy atom. The molecule has 19 heavy (non-hydrogen) atoms. The highest BCUT2D eigenvalue weighted by Crippen LogP contribution is 2.22. The summed E-state index contributed by atoms with van der Waals surface area (Å²) in [6, 6.07) is 13.9. The summed E-state index contributed by atoms with van der Waals surface area (Å²) >= 11 is 0. The Bertz CT molecular complexity index is 572. The summed E-state index contributed by atoms with van der Waals surface area (Å²) in [5.41, 5.74) is 0.839. The first-order valence-electron chi connectivity index (χ1n) is 6.63. The van der Waals surface area contributed by atoms with E-state index in [1.165, 1.54) is 0 Å². The van der Waals surface area contributed by atoms with Crippen LogP contribution < -0.4 is 10.6 Å². The lowest BCUT2D eigenvalue weighted by Gasteiger charge is -2.18.